The standard InChI is InChI=1S/C16H14N4S2/c1-2-5-12(6-3-1)14-11-20-16(18-14)22-15(19-20)17-9-8-13-7-4-10-21-13/h1-7,10-11H,8-9H2,(H,17,19). The van der Waals surface area contributed by atoms with Crippen LogP contribution in [0.25, 0.3) is 16.2 Å². The number of benzene rings is 1. The number of fused-ring (bicyclic) bond motifs is 1. The fourth-order valence-corrected chi connectivity index (χ4v) is 3.78. The highest BCUT2D eigenvalue weighted by atomic mass is 32.1. The molecule has 0 unspecified atom stereocenters. The number of aromatic nitrogens is 3. The summed E-state index contributed by atoms with van der Waals surface area (Å²) in [6.07, 6.45) is 3.00. The molecule has 1 N–H and O–H groups in total. The second-order valence-electron chi connectivity index (χ2n) is 4.88. The van der Waals surface area contributed by atoms with Crippen LogP contribution in [-0.2, 0) is 6.42 Å². The second-order valence-corrected chi connectivity index (χ2v) is 6.87. The molecule has 0 radical (unpaired) electrons. The van der Waals surface area contributed by atoms with Gasteiger partial charge in [0.25, 0.3) is 0 Å². The number of thiophene rings is 1. The normalized spacial score (nSPS) is 11.1. The highest BCUT2D eigenvalue weighted by Crippen LogP contribution is 2.24. The average Bonchev–Trinajstić information content (AvgIpc) is 3.24. The molecule has 22 heavy (non-hydrogen) atoms. The molecule has 0 aliphatic heterocycles. The summed E-state index contributed by atoms with van der Waals surface area (Å²) in [4.78, 5) is 6.95. The third kappa shape index (κ3) is 2.75. The van der Waals surface area contributed by atoms with Crippen molar-refractivity contribution in [1.82, 2.24) is 14.6 Å². The summed E-state index contributed by atoms with van der Waals surface area (Å²) in [5, 5.41) is 10.9. The average molecular weight is 326 g/mol. The number of rotatable bonds is 5. The molecule has 4 nitrogen and oxygen atoms in total. The molecule has 0 amide bonds. The van der Waals surface area contributed by atoms with Gasteiger partial charge in [0.05, 0.1) is 11.9 Å². The number of imidazole rings is 1. The molecule has 0 atom stereocenters. The van der Waals surface area contributed by atoms with Crippen molar-refractivity contribution in [2.24, 2.45) is 0 Å². The molecule has 4 rings (SSSR count). The van der Waals surface area contributed by atoms with Gasteiger partial charge in [0.15, 0.2) is 0 Å². The lowest BCUT2D eigenvalue weighted by Gasteiger charge is -1.99. The minimum absolute atomic E-state index is 0.892. The van der Waals surface area contributed by atoms with Gasteiger partial charge in [-0.1, -0.05) is 47.7 Å². The number of hydrogen-bond donors (Lipinski definition) is 1. The SMILES string of the molecule is c1ccc(-c2cn3nc(NCCc4cccs4)sc3n2)cc1. The maximum Gasteiger partial charge on any atom is 0.214 e. The summed E-state index contributed by atoms with van der Waals surface area (Å²) < 4.78 is 1.85. The molecular formula is C16H14N4S2. The van der Waals surface area contributed by atoms with Gasteiger partial charge in [0, 0.05) is 17.0 Å². The maximum atomic E-state index is 4.64. The van der Waals surface area contributed by atoms with E-state index >= 15 is 0 Å². The summed E-state index contributed by atoms with van der Waals surface area (Å²) in [6, 6.07) is 14.4. The number of anilines is 1. The quantitative estimate of drug-likeness (QED) is 0.598. The summed E-state index contributed by atoms with van der Waals surface area (Å²) >= 11 is 3.37. The van der Waals surface area contributed by atoms with Crippen molar-refractivity contribution in [2.75, 3.05) is 11.9 Å². The van der Waals surface area contributed by atoms with E-state index in [-0.39, 0.29) is 0 Å². The molecule has 3 heterocycles. The lowest BCUT2D eigenvalue weighted by molar-refractivity contribution is 0.953. The van der Waals surface area contributed by atoms with Gasteiger partial charge in [-0.05, 0) is 17.9 Å². The molecule has 110 valence electrons. The Bertz CT molecular complexity index is 831. The topological polar surface area (TPSA) is 42.2 Å². The molecule has 3 aromatic heterocycles. The zero-order chi connectivity index (χ0) is 14.8. The van der Waals surface area contributed by atoms with Crippen molar-refractivity contribution < 1.29 is 0 Å². The third-order valence-corrected chi connectivity index (χ3v) is 5.16. The first-order valence-corrected chi connectivity index (χ1v) is 8.76. The minimum Gasteiger partial charge on any atom is -0.360 e. The number of nitrogens with one attached hydrogen (secondary N) is 1. The first-order chi connectivity index (χ1) is 10.9. The zero-order valence-electron chi connectivity index (χ0n) is 11.8. The van der Waals surface area contributed by atoms with Crippen LogP contribution in [0.3, 0.4) is 0 Å². The van der Waals surface area contributed by atoms with E-state index in [0.717, 1.165) is 34.3 Å². The van der Waals surface area contributed by atoms with Crippen molar-refractivity contribution >= 4 is 32.8 Å². The Hall–Kier alpha value is -2.18. The van der Waals surface area contributed by atoms with Gasteiger partial charge in [0.2, 0.25) is 10.1 Å². The van der Waals surface area contributed by atoms with Crippen LogP contribution in [0.4, 0.5) is 5.13 Å². The minimum atomic E-state index is 0.892. The van der Waals surface area contributed by atoms with Gasteiger partial charge in [-0.15, -0.1) is 16.4 Å². The van der Waals surface area contributed by atoms with Crippen LogP contribution in [0, 0.1) is 0 Å². The van der Waals surface area contributed by atoms with Crippen LogP contribution >= 0.6 is 22.7 Å². The fraction of sp³-hybridized carbons (Fsp3) is 0.125. The molecule has 0 aliphatic carbocycles. The zero-order valence-corrected chi connectivity index (χ0v) is 13.4. The molecule has 0 saturated heterocycles. The van der Waals surface area contributed by atoms with Gasteiger partial charge in [-0.3, -0.25) is 0 Å². The molecule has 6 heteroatoms. The number of hydrogen-bond acceptors (Lipinski definition) is 5. The van der Waals surface area contributed by atoms with E-state index in [1.807, 2.05) is 28.9 Å². The van der Waals surface area contributed by atoms with Crippen molar-refractivity contribution in [3.8, 4) is 11.3 Å². The Morgan fingerprint density at radius 3 is 2.77 bits per heavy atom. The summed E-state index contributed by atoms with van der Waals surface area (Å²) in [5.74, 6) is 0. The molecule has 0 aliphatic rings. The summed E-state index contributed by atoms with van der Waals surface area (Å²) in [5.41, 5.74) is 2.08. The highest BCUT2D eigenvalue weighted by Gasteiger charge is 2.09. The molecule has 1 aromatic carbocycles. The largest absolute Gasteiger partial charge is 0.360 e. The molecule has 0 saturated carbocycles. The molecule has 0 fully saturated rings. The maximum absolute atomic E-state index is 4.64. The van der Waals surface area contributed by atoms with Crippen LogP contribution < -0.4 is 5.32 Å². The Kier molecular flexibility index (Phi) is 3.62. The van der Waals surface area contributed by atoms with E-state index in [9.17, 15) is 0 Å². The molecular weight excluding hydrogens is 312 g/mol. The van der Waals surface area contributed by atoms with E-state index < -0.39 is 0 Å². The van der Waals surface area contributed by atoms with Crippen molar-refractivity contribution in [3.63, 3.8) is 0 Å². The van der Waals surface area contributed by atoms with Gasteiger partial charge < -0.3 is 5.32 Å². The van der Waals surface area contributed by atoms with E-state index in [1.165, 1.54) is 4.88 Å². The Morgan fingerprint density at radius 1 is 1.09 bits per heavy atom. The Morgan fingerprint density at radius 2 is 2.00 bits per heavy atom. The lowest BCUT2D eigenvalue weighted by atomic mass is 10.2. The predicted octanol–water partition coefficient (Wildman–Crippen LogP) is 4.17. The first-order valence-electron chi connectivity index (χ1n) is 7.06. The third-order valence-electron chi connectivity index (χ3n) is 3.34. The monoisotopic (exact) mass is 326 g/mol. The number of nitrogens with zero attached hydrogens (tertiary/aromatic N) is 3. The molecule has 4 aromatic rings. The second kappa shape index (κ2) is 5.90. The summed E-state index contributed by atoms with van der Waals surface area (Å²) in [6.45, 7) is 0.892. The summed E-state index contributed by atoms with van der Waals surface area (Å²) in [7, 11) is 0. The fourth-order valence-electron chi connectivity index (χ4n) is 2.27. The first kappa shape index (κ1) is 13.5. The van der Waals surface area contributed by atoms with Crippen LogP contribution in [0.2, 0.25) is 0 Å². The Labute approximate surface area is 136 Å². The van der Waals surface area contributed by atoms with E-state index in [1.54, 1.807) is 22.7 Å². The smallest absolute Gasteiger partial charge is 0.214 e. The van der Waals surface area contributed by atoms with Gasteiger partial charge >= 0.3 is 0 Å². The van der Waals surface area contributed by atoms with Crippen molar-refractivity contribution in [1.29, 1.82) is 0 Å². The van der Waals surface area contributed by atoms with E-state index in [0.29, 0.717) is 0 Å². The van der Waals surface area contributed by atoms with Crippen LogP contribution in [0.15, 0.2) is 54.0 Å². The molecule has 0 bridgehead atoms. The highest BCUT2D eigenvalue weighted by molar-refractivity contribution is 7.20. The van der Waals surface area contributed by atoms with Gasteiger partial charge in [-0.25, -0.2) is 9.50 Å². The van der Waals surface area contributed by atoms with Crippen LogP contribution in [-0.4, -0.2) is 21.1 Å². The van der Waals surface area contributed by atoms with Crippen LogP contribution in [0.5, 0.6) is 0 Å². The van der Waals surface area contributed by atoms with E-state index in [2.05, 4.69) is 45.0 Å². The predicted molar refractivity (Wildman–Crippen MR) is 92.8 cm³/mol. The van der Waals surface area contributed by atoms with Crippen molar-refractivity contribution in [3.05, 3.63) is 58.9 Å². The van der Waals surface area contributed by atoms with Crippen LogP contribution in [0.1, 0.15) is 4.88 Å². The van der Waals surface area contributed by atoms with Gasteiger partial charge in [0.1, 0.15) is 0 Å². The Balaban J connectivity index is 1.47. The van der Waals surface area contributed by atoms with Gasteiger partial charge in [-0.2, -0.15) is 0 Å². The lowest BCUT2D eigenvalue weighted by Crippen LogP contribution is -2.03. The van der Waals surface area contributed by atoms with E-state index in [4.69, 9.17) is 0 Å². The van der Waals surface area contributed by atoms with Crippen molar-refractivity contribution in [2.45, 2.75) is 6.42 Å². The molecule has 0 spiro atoms.